The third-order valence-electron chi connectivity index (χ3n) is 4.03. The van der Waals surface area contributed by atoms with Crippen LogP contribution in [0, 0.1) is 0 Å². The highest BCUT2D eigenvalue weighted by molar-refractivity contribution is 5.81. The van der Waals surface area contributed by atoms with Crippen LogP contribution >= 0.6 is 0 Å². The quantitative estimate of drug-likeness (QED) is 0.786. The van der Waals surface area contributed by atoms with Gasteiger partial charge in [-0.05, 0) is 24.1 Å². The predicted molar refractivity (Wildman–Crippen MR) is 93.2 cm³/mol. The molecule has 4 heteroatoms. The summed E-state index contributed by atoms with van der Waals surface area (Å²) in [4.78, 5) is 16.1. The topological polar surface area (TPSA) is 46.9 Å². The van der Waals surface area contributed by atoms with E-state index in [9.17, 15) is 4.79 Å². The van der Waals surface area contributed by atoms with E-state index >= 15 is 0 Å². The van der Waals surface area contributed by atoms with E-state index < -0.39 is 0 Å². The smallest absolute Gasteiger partial charge is 0.219 e. The van der Waals surface area contributed by atoms with E-state index in [0.717, 1.165) is 28.8 Å². The number of nitrogens with zero attached hydrogens (tertiary/aromatic N) is 2. The molecule has 0 radical (unpaired) electrons. The van der Waals surface area contributed by atoms with Gasteiger partial charge in [-0.1, -0.05) is 43.3 Å². The van der Waals surface area contributed by atoms with E-state index in [-0.39, 0.29) is 5.91 Å². The Balaban J connectivity index is 1.85. The van der Waals surface area contributed by atoms with Gasteiger partial charge in [0.05, 0.1) is 11.0 Å². The van der Waals surface area contributed by atoms with E-state index in [2.05, 4.69) is 40.2 Å². The van der Waals surface area contributed by atoms with Crippen LogP contribution < -0.4 is 5.32 Å². The number of benzene rings is 2. The highest BCUT2D eigenvalue weighted by atomic mass is 16.1. The maximum absolute atomic E-state index is 11.3. The summed E-state index contributed by atoms with van der Waals surface area (Å²) in [6.07, 6.45) is 1.35. The summed E-state index contributed by atoms with van der Waals surface area (Å²) >= 11 is 0. The lowest BCUT2D eigenvalue weighted by Gasteiger charge is -2.04. The zero-order chi connectivity index (χ0) is 16.2. The van der Waals surface area contributed by atoms with Gasteiger partial charge in [0.1, 0.15) is 5.82 Å². The standard InChI is InChI=1S/C19H21N3O/c1-3-18(23)20-12-11-14-9-10-17-16(13-14)21-19(22(17)2)15-7-5-4-6-8-15/h4-10,13H,3,11-12H2,1-2H3,(H,20,23). The number of aromatic nitrogens is 2. The van der Waals surface area contributed by atoms with Gasteiger partial charge in [0.15, 0.2) is 0 Å². The van der Waals surface area contributed by atoms with Gasteiger partial charge in [-0.25, -0.2) is 4.98 Å². The molecular weight excluding hydrogens is 286 g/mol. The lowest BCUT2D eigenvalue weighted by Crippen LogP contribution is -2.24. The average molecular weight is 307 g/mol. The number of aryl methyl sites for hydroxylation is 1. The number of fused-ring (bicyclic) bond motifs is 1. The van der Waals surface area contributed by atoms with Gasteiger partial charge in [0.25, 0.3) is 0 Å². The zero-order valence-corrected chi connectivity index (χ0v) is 13.5. The molecule has 3 rings (SSSR count). The minimum atomic E-state index is 0.0929. The molecule has 1 amide bonds. The Morgan fingerprint density at radius 3 is 2.70 bits per heavy atom. The molecule has 0 aliphatic rings. The molecule has 0 aliphatic carbocycles. The fourth-order valence-corrected chi connectivity index (χ4v) is 2.72. The molecule has 0 saturated carbocycles. The van der Waals surface area contributed by atoms with Gasteiger partial charge in [-0.3, -0.25) is 4.79 Å². The first-order valence-corrected chi connectivity index (χ1v) is 7.96. The van der Waals surface area contributed by atoms with Gasteiger partial charge >= 0.3 is 0 Å². The molecule has 3 aromatic rings. The van der Waals surface area contributed by atoms with Crippen LogP contribution in [0.15, 0.2) is 48.5 Å². The Bertz CT molecular complexity index is 821. The molecule has 0 fully saturated rings. The molecule has 0 saturated heterocycles. The number of hydrogen-bond donors (Lipinski definition) is 1. The Kier molecular flexibility index (Phi) is 4.42. The van der Waals surface area contributed by atoms with E-state index in [4.69, 9.17) is 4.98 Å². The molecule has 1 heterocycles. The summed E-state index contributed by atoms with van der Waals surface area (Å²) in [6.45, 7) is 2.52. The van der Waals surface area contributed by atoms with E-state index in [1.54, 1.807) is 0 Å². The van der Waals surface area contributed by atoms with Gasteiger partial charge in [0.2, 0.25) is 5.91 Å². The van der Waals surface area contributed by atoms with Gasteiger partial charge in [-0.15, -0.1) is 0 Å². The summed E-state index contributed by atoms with van der Waals surface area (Å²) in [5.41, 5.74) is 4.41. The molecule has 4 nitrogen and oxygen atoms in total. The Labute approximate surface area is 136 Å². The molecule has 0 bridgehead atoms. The molecule has 0 spiro atoms. The molecular formula is C19H21N3O. The second-order valence-electron chi connectivity index (χ2n) is 5.64. The Morgan fingerprint density at radius 1 is 1.17 bits per heavy atom. The van der Waals surface area contributed by atoms with Crippen molar-refractivity contribution in [3.8, 4) is 11.4 Å². The second-order valence-corrected chi connectivity index (χ2v) is 5.64. The molecule has 0 aliphatic heterocycles. The first-order chi connectivity index (χ1) is 11.2. The normalized spacial score (nSPS) is 10.9. The monoisotopic (exact) mass is 307 g/mol. The van der Waals surface area contributed by atoms with Crippen LogP contribution in [0.2, 0.25) is 0 Å². The van der Waals surface area contributed by atoms with Crippen LogP contribution in [0.1, 0.15) is 18.9 Å². The van der Waals surface area contributed by atoms with Crippen molar-refractivity contribution in [1.82, 2.24) is 14.9 Å². The highest BCUT2D eigenvalue weighted by Crippen LogP contribution is 2.24. The summed E-state index contributed by atoms with van der Waals surface area (Å²) in [7, 11) is 2.04. The Morgan fingerprint density at radius 2 is 1.96 bits per heavy atom. The van der Waals surface area contributed by atoms with Crippen molar-refractivity contribution in [1.29, 1.82) is 0 Å². The van der Waals surface area contributed by atoms with Crippen LogP contribution in [0.3, 0.4) is 0 Å². The summed E-state index contributed by atoms with van der Waals surface area (Å²) in [5.74, 6) is 1.06. The number of rotatable bonds is 5. The fourth-order valence-electron chi connectivity index (χ4n) is 2.72. The average Bonchev–Trinajstić information content (AvgIpc) is 2.92. The van der Waals surface area contributed by atoms with Gasteiger partial charge in [-0.2, -0.15) is 0 Å². The maximum atomic E-state index is 11.3. The van der Waals surface area contributed by atoms with E-state index in [1.807, 2.05) is 32.2 Å². The predicted octanol–water partition coefficient (Wildman–Crippen LogP) is 3.31. The van der Waals surface area contributed by atoms with Crippen molar-refractivity contribution in [3.63, 3.8) is 0 Å². The SMILES string of the molecule is CCC(=O)NCCc1ccc2c(c1)nc(-c1ccccc1)n2C. The van der Waals surface area contributed by atoms with Gasteiger partial charge in [0, 0.05) is 25.6 Å². The largest absolute Gasteiger partial charge is 0.356 e. The minimum absolute atomic E-state index is 0.0929. The van der Waals surface area contributed by atoms with Crippen molar-refractivity contribution in [2.45, 2.75) is 19.8 Å². The molecule has 23 heavy (non-hydrogen) atoms. The fraction of sp³-hybridized carbons (Fsp3) is 0.263. The van der Waals surface area contributed by atoms with Crippen molar-refractivity contribution >= 4 is 16.9 Å². The summed E-state index contributed by atoms with van der Waals surface area (Å²) < 4.78 is 2.12. The Hall–Kier alpha value is -2.62. The van der Waals surface area contributed by atoms with Gasteiger partial charge < -0.3 is 9.88 Å². The molecule has 2 aromatic carbocycles. The number of carbonyl (C=O) groups is 1. The van der Waals surface area contributed by atoms with Crippen LogP contribution in [0.25, 0.3) is 22.4 Å². The third kappa shape index (κ3) is 3.26. The van der Waals surface area contributed by atoms with E-state index in [0.29, 0.717) is 13.0 Å². The van der Waals surface area contributed by atoms with Crippen LogP contribution in [0.4, 0.5) is 0 Å². The van der Waals surface area contributed by atoms with Crippen LogP contribution in [-0.2, 0) is 18.3 Å². The lowest BCUT2D eigenvalue weighted by molar-refractivity contribution is -0.120. The van der Waals surface area contributed by atoms with Crippen molar-refractivity contribution < 1.29 is 4.79 Å². The van der Waals surface area contributed by atoms with Crippen molar-refractivity contribution in [2.24, 2.45) is 7.05 Å². The minimum Gasteiger partial charge on any atom is -0.356 e. The van der Waals surface area contributed by atoms with Crippen molar-refractivity contribution in [3.05, 3.63) is 54.1 Å². The number of carbonyl (C=O) groups excluding carboxylic acids is 1. The van der Waals surface area contributed by atoms with Crippen LogP contribution in [-0.4, -0.2) is 22.0 Å². The molecule has 1 aromatic heterocycles. The number of hydrogen-bond acceptors (Lipinski definition) is 2. The first kappa shape index (κ1) is 15.3. The highest BCUT2D eigenvalue weighted by Gasteiger charge is 2.10. The second kappa shape index (κ2) is 6.65. The zero-order valence-electron chi connectivity index (χ0n) is 13.5. The number of nitrogens with one attached hydrogen (secondary N) is 1. The van der Waals surface area contributed by atoms with Crippen LogP contribution in [0.5, 0.6) is 0 Å². The van der Waals surface area contributed by atoms with E-state index in [1.165, 1.54) is 5.56 Å². The molecule has 0 atom stereocenters. The third-order valence-corrected chi connectivity index (χ3v) is 4.03. The summed E-state index contributed by atoms with van der Waals surface area (Å²) in [6, 6.07) is 16.5. The number of amides is 1. The number of imidazole rings is 1. The molecule has 1 N–H and O–H groups in total. The first-order valence-electron chi connectivity index (χ1n) is 7.96. The molecule has 0 unspecified atom stereocenters. The molecule has 118 valence electrons. The van der Waals surface area contributed by atoms with Crippen molar-refractivity contribution in [2.75, 3.05) is 6.54 Å². The maximum Gasteiger partial charge on any atom is 0.219 e. The summed E-state index contributed by atoms with van der Waals surface area (Å²) in [5, 5.41) is 2.91. The lowest BCUT2D eigenvalue weighted by atomic mass is 10.1.